The van der Waals surface area contributed by atoms with Crippen molar-refractivity contribution in [2.75, 3.05) is 14.1 Å². The average Bonchev–Trinajstić information content (AvgIpc) is 1.61. The monoisotopic (exact) mass is 1730 g/mol. The lowest BCUT2D eigenvalue weighted by molar-refractivity contribution is 0.0653. The lowest BCUT2D eigenvalue weighted by Gasteiger charge is -2.39. The summed E-state index contributed by atoms with van der Waals surface area (Å²) < 4.78 is 11.4. The number of hydrogen-bond donors (Lipinski definition) is 0. The third-order valence-electron chi connectivity index (χ3n) is 27.6. The molecule has 0 aliphatic carbocycles. The molecule has 0 spiro atoms. The third-order valence-corrected chi connectivity index (χ3v) is 27.6. The Morgan fingerprint density at radius 2 is 0.762 bits per heavy atom. The van der Waals surface area contributed by atoms with E-state index >= 15 is 0 Å². The van der Waals surface area contributed by atoms with E-state index in [9.17, 15) is 4.79 Å². The summed E-state index contributed by atoms with van der Waals surface area (Å²) in [5.74, 6) is 2.72. The predicted octanol–water partition coefficient (Wildman–Crippen LogP) is 23.0. The van der Waals surface area contributed by atoms with Crippen molar-refractivity contribution in [1.29, 1.82) is 0 Å². The van der Waals surface area contributed by atoms with Crippen LogP contribution >= 0.6 is 0 Å². The average molecular weight is 1730 g/mol. The molecule has 0 radical (unpaired) electrons. The topological polar surface area (TPSA) is 187 Å². The maximum atomic E-state index is 11.7. The van der Waals surface area contributed by atoms with E-state index in [4.69, 9.17) is 24.4 Å². The molecule has 0 saturated heterocycles. The highest BCUT2D eigenvalue weighted by atomic mass is 16.4. The molecule has 10 unspecified atom stereocenters. The minimum absolute atomic E-state index is 0.0820. The summed E-state index contributed by atoms with van der Waals surface area (Å²) in [6.45, 7) is 106. The summed E-state index contributed by atoms with van der Waals surface area (Å²) in [5, 5.41) is 9.02. The molecule has 126 heavy (non-hydrogen) atoms. The molecule has 0 bridgehead atoms. The van der Waals surface area contributed by atoms with Crippen LogP contribution in [0.15, 0.2) is 33.9 Å². The smallest absolute Gasteiger partial charge is 0.250 e. The molecule has 0 saturated carbocycles. The largest absolute Gasteiger partial charge is 0.444 e. The van der Waals surface area contributed by atoms with Gasteiger partial charge < -0.3 is 8.98 Å². The quantitative estimate of drug-likeness (QED) is 0.139. The SMILES string of the molecule is CC1c2cc(=O)n(C)cc2C(C)N1C(C)(C)C.CN1Cc2cn(C(C)(C)C)nc2C1.CN1Cc2cnn(C(C)(C)C)c2C1.Cc1nc(C)c2c(c1C)C(C)N(C(C)(C)C)C2C.Cc1nc(C)c2c(n1)C(C)N(C(C)(C)C)C2C.Cc1nc2c(c(C)c1C)C(C)N(C(C)(C)C)C2C.Cc1nc2c(nc1C)C(C)N(C(C)(C)C)C2C.Cc1nc2c(o1)CN(C(C)(C)C)C2. The van der Waals surface area contributed by atoms with Crippen molar-refractivity contribution in [2.45, 2.75) is 456 Å². The number of rotatable bonds is 0. The molecule has 16 rings (SSSR count). The van der Waals surface area contributed by atoms with Gasteiger partial charge in [-0.1, -0.05) is 0 Å². The third kappa shape index (κ3) is 21.5. The Balaban J connectivity index is 0.000000163. The Bertz CT molecular complexity index is 5160. The first-order valence-electron chi connectivity index (χ1n) is 46.9. The molecule has 0 N–H and O–H groups in total. The van der Waals surface area contributed by atoms with Gasteiger partial charge in [0.05, 0.1) is 99.2 Å². The second-order valence-electron chi connectivity index (χ2n) is 46.0. The minimum atomic E-state index is 0.0820. The molecule has 22 nitrogen and oxygen atoms in total. The van der Waals surface area contributed by atoms with Crippen molar-refractivity contribution in [3.05, 3.63) is 188 Å². The molecule has 698 valence electrons. The lowest BCUT2D eigenvalue weighted by Crippen LogP contribution is -2.40. The van der Waals surface area contributed by atoms with Crippen LogP contribution in [0.4, 0.5) is 0 Å². The fourth-order valence-corrected chi connectivity index (χ4v) is 22.2. The summed E-state index contributed by atoms with van der Waals surface area (Å²) in [6.07, 6.45) is 6.17. The Hall–Kier alpha value is -7.28. The van der Waals surface area contributed by atoms with Crippen LogP contribution in [0.3, 0.4) is 0 Å². The zero-order valence-corrected chi connectivity index (χ0v) is 88.1. The summed E-state index contributed by atoms with van der Waals surface area (Å²) in [5.41, 5.74) is 31.9. The summed E-state index contributed by atoms with van der Waals surface area (Å²) in [7, 11) is 6.09. The van der Waals surface area contributed by atoms with E-state index in [2.05, 4.69) is 378 Å². The second-order valence-corrected chi connectivity index (χ2v) is 46.0. The number of fused-ring (bicyclic) bond motifs is 8. The number of oxazole rings is 1. The van der Waals surface area contributed by atoms with Crippen LogP contribution in [0, 0.1) is 76.2 Å². The summed E-state index contributed by atoms with van der Waals surface area (Å²) in [6, 6.07) is 5.77. The van der Waals surface area contributed by atoms with E-state index in [0.29, 0.717) is 60.4 Å². The van der Waals surface area contributed by atoms with Gasteiger partial charge in [0.1, 0.15) is 11.6 Å². The Kier molecular flexibility index (Phi) is 30.2. The molecule has 0 aromatic carbocycles. The molecule has 8 aromatic rings. The highest BCUT2D eigenvalue weighted by Crippen LogP contribution is 2.52. The van der Waals surface area contributed by atoms with Gasteiger partial charge in [-0.05, 0) is 363 Å². The van der Waals surface area contributed by atoms with Crippen LogP contribution in [0.25, 0.3) is 0 Å². The molecule has 10 atom stereocenters. The van der Waals surface area contributed by atoms with Crippen LogP contribution in [0.2, 0.25) is 0 Å². The zero-order chi connectivity index (χ0) is 95.4. The Morgan fingerprint density at radius 3 is 1.25 bits per heavy atom. The van der Waals surface area contributed by atoms with Gasteiger partial charge in [0, 0.05) is 174 Å². The molecule has 22 heteroatoms. The van der Waals surface area contributed by atoms with E-state index in [0.717, 1.165) is 90.9 Å². The van der Waals surface area contributed by atoms with Gasteiger partial charge >= 0.3 is 0 Å². The van der Waals surface area contributed by atoms with Crippen molar-refractivity contribution < 1.29 is 4.42 Å². The molecule has 8 aromatic heterocycles. The maximum absolute atomic E-state index is 11.7. The van der Waals surface area contributed by atoms with Gasteiger partial charge in [-0.3, -0.25) is 73.3 Å². The first kappa shape index (κ1) is 102. The van der Waals surface area contributed by atoms with E-state index in [1.807, 2.05) is 47.1 Å². The van der Waals surface area contributed by atoms with Crippen molar-refractivity contribution in [2.24, 2.45) is 7.05 Å². The van der Waals surface area contributed by atoms with Gasteiger partial charge in [0.15, 0.2) is 5.89 Å². The predicted molar refractivity (Wildman–Crippen MR) is 519 cm³/mol. The number of hydrogen-bond acceptors (Lipinski definition) is 19. The van der Waals surface area contributed by atoms with Gasteiger partial charge in [0.25, 0.3) is 5.56 Å². The normalized spacial score (nSPS) is 22.7. The van der Waals surface area contributed by atoms with E-state index < -0.39 is 0 Å². The highest BCUT2D eigenvalue weighted by molar-refractivity contribution is 5.48. The standard InChI is InChI=1S/2C16H26N2.2C14H23N3.C14H22N2O.2C10H17N3.C10H16N2O/c1-9-10(2)17-11(3)15-13(5)18(16(6,7)8)12(4)14(9)15;1-9-10(2)14-12(4)18(16(6,7)8)13(5)15(14)17-11(9)3;1-8-12-9(2)17(14(5,6)7)10(3)13(12)16-11(4)15-8;1-8-9(2)16-13-11(4)17(14(5,6)7)10(3)12(13)15-8;1-9-11-7-13(17)15(6)8-12(11)10(2)16(9)14(3,4)5;1-10(2,3)13-6-8-5-12(4)7-9(8)11-13;1-10(2,3)13-9-7-12(4)6-8(9)5-11-13;1-7-11-8-5-12(10(2,3)4)6-9(8)13-7/h2*12-13H,1-8H3;9-10H,1-7H3;10-11H,1-7H3;7-10H,1-6H3;6H,5,7H2,1-4H3;5H,6-7H2,1-4H3;5-6H2,1-4H3. The summed E-state index contributed by atoms with van der Waals surface area (Å²) in [4.78, 5) is 64.0. The summed E-state index contributed by atoms with van der Waals surface area (Å²) >= 11 is 0. The Morgan fingerprint density at radius 1 is 0.341 bits per heavy atom. The van der Waals surface area contributed by atoms with Crippen LogP contribution in [0.5, 0.6) is 0 Å². The lowest BCUT2D eigenvalue weighted by atomic mass is 9.96. The van der Waals surface area contributed by atoms with E-state index in [1.54, 1.807) is 10.6 Å². The fraction of sp³-hybridized carbons (Fsp3) is 0.692. The van der Waals surface area contributed by atoms with Crippen LogP contribution in [0.1, 0.15) is 449 Å². The highest BCUT2D eigenvalue weighted by Gasteiger charge is 2.47. The number of pyridine rings is 3. The van der Waals surface area contributed by atoms with Gasteiger partial charge in [-0.2, -0.15) is 10.2 Å². The molecule has 8 aliphatic heterocycles. The maximum Gasteiger partial charge on any atom is 0.250 e. The number of aromatic nitrogens is 12. The van der Waals surface area contributed by atoms with Gasteiger partial charge in [-0.25, -0.2) is 15.0 Å². The fourth-order valence-electron chi connectivity index (χ4n) is 22.2. The van der Waals surface area contributed by atoms with Crippen LogP contribution in [-0.4, -0.2) is 146 Å². The molecule has 8 aliphatic rings. The van der Waals surface area contributed by atoms with Gasteiger partial charge in [0.2, 0.25) is 0 Å². The number of aryl methyl sites for hydroxylation is 9. The molecule has 0 fully saturated rings. The van der Waals surface area contributed by atoms with Crippen LogP contribution in [-0.2, 0) is 57.4 Å². The molecule has 16 heterocycles. The van der Waals surface area contributed by atoms with Crippen molar-refractivity contribution in [3.63, 3.8) is 0 Å². The van der Waals surface area contributed by atoms with E-state index in [1.165, 1.54) is 101 Å². The second kappa shape index (κ2) is 37.2. The van der Waals surface area contributed by atoms with E-state index in [-0.39, 0.29) is 49.9 Å². The number of nitrogens with zero attached hydrogens (tertiary/aromatic N) is 20. The van der Waals surface area contributed by atoms with Crippen molar-refractivity contribution in [1.82, 2.24) is 98.2 Å². The van der Waals surface area contributed by atoms with Crippen LogP contribution < -0.4 is 5.56 Å². The minimum Gasteiger partial charge on any atom is -0.444 e. The molecular formula is C104H170N20O2. The first-order valence-corrected chi connectivity index (χ1v) is 46.9. The van der Waals surface area contributed by atoms with Crippen molar-refractivity contribution >= 4 is 0 Å². The first-order chi connectivity index (χ1) is 57.4. The zero-order valence-electron chi connectivity index (χ0n) is 88.1. The Labute approximate surface area is 762 Å². The molecular weight excluding hydrogens is 1560 g/mol. The van der Waals surface area contributed by atoms with Gasteiger partial charge in [-0.15, -0.1) is 0 Å². The van der Waals surface area contributed by atoms with Crippen molar-refractivity contribution in [3.8, 4) is 0 Å². The molecule has 0 amide bonds.